The molecule has 0 bridgehead atoms. The minimum atomic E-state index is -0.626. The summed E-state index contributed by atoms with van der Waals surface area (Å²) in [7, 11) is 0. The standard InChI is InChI=1S/C15H16N2O2/c1-2-13(14(16)18)17-15(19)12-8-7-10-5-3-4-6-11(10)9-12/h3-9,13H,2H2,1H3,(H2,16,18)(H,17,19)/t13-/m1/s1. The van der Waals surface area contributed by atoms with E-state index in [1.54, 1.807) is 19.1 Å². The van der Waals surface area contributed by atoms with E-state index in [9.17, 15) is 9.59 Å². The van der Waals surface area contributed by atoms with Crippen LogP contribution in [-0.4, -0.2) is 17.9 Å². The Balaban J connectivity index is 2.24. The van der Waals surface area contributed by atoms with Gasteiger partial charge in [-0.2, -0.15) is 0 Å². The molecule has 0 unspecified atom stereocenters. The molecule has 0 aliphatic carbocycles. The van der Waals surface area contributed by atoms with Crippen LogP contribution in [0.5, 0.6) is 0 Å². The summed E-state index contributed by atoms with van der Waals surface area (Å²) in [6.45, 7) is 1.80. The lowest BCUT2D eigenvalue weighted by molar-refractivity contribution is -0.119. The van der Waals surface area contributed by atoms with Crippen LogP contribution >= 0.6 is 0 Å². The Morgan fingerprint density at radius 1 is 1.16 bits per heavy atom. The number of benzene rings is 2. The topological polar surface area (TPSA) is 72.2 Å². The van der Waals surface area contributed by atoms with Crippen molar-refractivity contribution in [2.24, 2.45) is 5.73 Å². The second-order valence-electron chi connectivity index (χ2n) is 4.40. The lowest BCUT2D eigenvalue weighted by Crippen LogP contribution is -2.43. The first-order chi connectivity index (χ1) is 9.11. The monoisotopic (exact) mass is 256 g/mol. The predicted molar refractivity (Wildman–Crippen MR) is 74.7 cm³/mol. The Kier molecular flexibility index (Phi) is 3.80. The molecule has 0 saturated heterocycles. The maximum atomic E-state index is 12.0. The molecule has 0 heterocycles. The van der Waals surface area contributed by atoms with Crippen LogP contribution in [0.15, 0.2) is 42.5 Å². The summed E-state index contributed by atoms with van der Waals surface area (Å²) in [6, 6.07) is 12.6. The number of carbonyl (C=O) groups excluding carboxylic acids is 2. The Morgan fingerprint density at radius 2 is 1.84 bits per heavy atom. The van der Waals surface area contributed by atoms with Gasteiger partial charge in [0.25, 0.3) is 5.91 Å². The number of nitrogens with two attached hydrogens (primary N) is 1. The van der Waals surface area contributed by atoms with Crippen molar-refractivity contribution >= 4 is 22.6 Å². The maximum Gasteiger partial charge on any atom is 0.251 e. The van der Waals surface area contributed by atoms with E-state index >= 15 is 0 Å². The summed E-state index contributed by atoms with van der Waals surface area (Å²) in [5.74, 6) is -0.798. The normalized spacial score (nSPS) is 12.1. The number of carbonyl (C=O) groups is 2. The highest BCUT2D eigenvalue weighted by Gasteiger charge is 2.16. The summed E-state index contributed by atoms with van der Waals surface area (Å²) < 4.78 is 0. The molecule has 19 heavy (non-hydrogen) atoms. The molecule has 0 aromatic heterocycles. The average molecular weight is 256 g/mol. The van der Waals surface area contributed by atoms with Crippen LogP contribution in [0.1, 0.15) is 23.7 Å². The van der Waals surface area contributed by atoms with Gasteiger partial charge in [0.15, 0.2) is 0 Å². The molecule has 0 saturated carbocycles. The zero-order valence-electron chi connectivity index (χ0n) is 10.7. The highest BCUT2D eigenvalue weighted by Crippen LogP contribution is 2.15. The van der Waals surface area contributed by atoms with Crippen molar-refractivity contribution < 1.29 is 9.59 Å². The highest BCUT2D eigenvalue weighted by atomic mass is 16.2. The molecule has 0 aliphatic rings. The summed E-state index contributed by atoms with van der Waals surface area (Å²) in [4.78, 5) is 23.2. The van der Waals surface area contributed by atoms with E-state index in [2.05, 4.69) is 5.32 Å². The van der Waals surface area contributed by atoms with Gasteiger partial charge in [-0.25, -0.2) is 0 Å². The third-order valence-electron chi connectivity index (χ3n) is 3.07. The molecular formula is C15H16N2O2. The van der Waals surface area contributed by atoms with E-state index in [1.807, 2.05) is 30.3 Å². The van der Waals surface area contributed by atoms with Gasteiger partial charge in [-0.1, -0.05) is 37.3 Å². The minimum absolute atomic E-state index is 0.281. The second kappa shape index (κ2) is 5.52. The molecule has 2 amide bonds. The van der Waals surface area contributed by atoms with Crippen molar-refractivity contribution in [1.29, 1.82) is 0 Å². The van der Waals surface area contributed by atoms with Gasteiger partial charge in [0.2, 0.25) is 5.91 Å². The Bertz CT molecular complexity index is 622. The van der Waals surface area contributed by atoms with Crippen LogP contribution in [0.2, 0.25) is 0 Å². The van der Waals surface area contributed by atoms with Crippen LogP contribution in [0.3, 0.4) is 0 Å². The molecule has 2 aromatic carbocycles. The van der Waals surface area contributed by atoms with Crippen LogP contribution < -0.4 is 11.1 Å². The minimum Gasteiger partial charge on any atom is -0.368 e. The molecule has 0 aliphatic heterocycles. The van der Waals surface area contributed by atoms with Gasteiger partial charge in [-0.15, -0.1) is 0 Å². The SMILES string of the molecule is CC[C@@H](NC(=O)c1ccc2ccccc2c1)C(N)=O. The molecule has 2 aromatic rings. The van der Waals surface area contributed by atoms with Crippen LogP contribution in [0.25, 0.3) is 10.8 Å². The van der Waals surface area contributed by atoms with Gasteiger partial charge in [-0.3, -0.25) is 9.59 Å². The van der Waals surface area contributed by atoms with Crippen molar-refractivity contribution in [3.05, 3.63) is 48.0 Å². The van der Waals surface area contributed by atoms with E-state index in [0.717, 1.165) is 10.8 Å². The van der Waals surface area contributed by atoms with Crippen LogP contribution in [0, 0.1) is 0 Å². The van der Waals surface area contributed by atoms with E-state index < -0.39 is 11.9 Å². The first-order valence-corrected chi connectivity index (χ1v) is 6.21. The summed E-state index contributed by atoms with van der Waals surface area (Å²) in [6.07, 6.45) is 0.481. The van der Waals surface area contributed by atoms with Crippen LogP contribution in [-0.2, 0) is 4.79 Å². The Hall–Kier alpha value is -2.36. The van der Waals surface area contributed by atoms with E-state index in [0.29, 0.717) is 12.0 Å². The van der Waals surface area contributed by atoms with Crippen molar-refractivity contribution in [1.82, 2.24) is 5.32 Å². The highest BCUT2D eigenvalue weighted by molar-refractivity contribution is 6.00. The van der Waals surface area contributed by atoms with Gasteiger partial charge < -0.3 is 11.1 Å². The number of rotatable bonds is 4. The number of primary amides is 1. The van der Waals surface area contributed by atoms with Gasteiger partial charge >= 0.3 is 0 Å². The van der Waals surface area contributed by atoms with Crippen molar-refractivity contribution in [2.75, 3.05) is 0 Å². The van der Waals surface area contributed by atoms with Crippen molar-refractivity contribution in [2.45, 2.75) is 19.4 Å². The number of hydrogen-bond donors (Lipinski definition) is 2. The second-order valence-corrected chi connectivity index (χ2v) is 4.40. The molecule has 3 N–H and O–H groups in total. The summed E-state index contributed by atoms with van der Waals surface area (Å²) in [5.41, 5.74) is 5.74. The quantitative estimate of drug-likeness (QED) is 0.876. The first kappa shape index (κ1) is 13.1. The van der Waals surface area contributed by atoms with Crippen molar-refractivity contribution in [3.8, 4) is 0 Å². The van der Waals surface area contributed by atoms with Gasteiger partial charge in [-0.05, 0) is 29.3 Å². The zero-order valence-corrected chi connectivity index (χ0v) is 10.7. The van der Waals surface area contributed by atoms with Gasteiger partial charge in [0.1, 0.15) is 6.04 Å². The smallest absolute Gasteiger partial charge is 0.251 e. The zero-order chi connectivity index (χ0) is 13.8. The fourth-order valence-corrected chi connectivity index (χ4v) is 1.95. The molecule has 4 nitrogen and oxygen atoms in total. The molecule has 0 spiro atoms. The van der Waals surface area contributed by atoms with E-state index in [4.69, 9.17) is 5.73 Å². The molecule has 4 heteroatoms. The average Bonchev–Trinajstić information content (AvgIpc) is 2.43. The molecule has 1 atom stereocenters. The fourth-order valence-electron chi connectivity index (χ4n) is 1.95. The third kappa shape index (κ3) is 2.91. The number of hydrogen-bond acceptors (Lipinski definition) is 2. The molecular weight excluding hydrogens is 240 g/mol. The summed E-state index contributed by atoms with van der Waals surface area (Å²) in [5, 5.41) is 4.69. The third-order valence-corrected chi connectivity index (χ3v) is 3.07. The lowest BCUT2D eigenvalue weighted by atomic mass is 10.1. The Morgan fingerprint density at radius 3 is 2.47 bits per heavy atom. The molecule has 0 radical (unpaired) electrons. The molecule has 98 valence electrons. The molecule has 0 fully saturated rings. The lowest BCUT2D eigenvalue weighted by Gasteiger charge is -2.13. The summed E-state index contributed by atoms with van der Waals surface area (Å²) >= 11 is 0. The number of nitrogens with one attached hydrogen (secondary N) is 1. The largest absolute Gasteiger partial charge is 0.368 e. The number of amides is 2. The first-order valence-electron chi connectivity index (χ1n) is 6.21. The maximum absolute atomic E-state index is 12.0. The van der Waals surface area contributed by atoms with Gasteiger partial charge in [0.05, 0.1) is 0 Å². The van der Waals surface area contributed by atoms with Crippen molar-refractivity contribution in [3.63, 3.8) is 0 Å². The van der Waals surface area contributed by atoms with Gasteiger partial charge in [0, 0.05) is 5.56 Å². The fraction of sp³-hybridized carbons (Fsp3) is 0.200. The van der Waals surface area contributed by atoms with Crippen LogP contribution in [0.4, 0.5) is 0 Å². The predicted octanol–water partition coefficient (Wildman–Crippen LogP) is 1.83. The van der Waals surface area contributed by atoms with E-state index in [1.165, 1.54) is 0 Å². The number of fused-ring (bicyclic) bond motifs is 1. The van der Waals surface area contributed by atoms with E-state index in [-0.39, 0.29) is 5.91 Å². The molecule has 2 rings (SSSR count). The Labute approximate surface area is 111 Å².